The van der Waals surface area contributed by atoms with E-state index in [0.717, 1.165) is 18.7 Å². The van der Waals surface area contributed by atoms with E-state index >= 15 is 0 Å². The van der Waals surface area contributed by atoms with Crippen molar-refractivity contribution in [2.24, 2.45) is 0 Å². The predicted molar refractivity (Wildman–Crippen MR) is 74.1 cm³/mol. The summed E-state index contributed by atoms with van der Waals surface area (Å²) < 4.78 is 4.96. The summed E-state index contributed by atoms with van der Waals surface area (Å²) in [5.74, 6) is 0.0223. The van der Waals surface area contributed by atoms with Crippen molar-refractivity contribution in [3.05, 3.63) is 29.8 Å². The van der Waals surface area contributed by atoms with Crippen LogP contribution in [0.25, 0.3) is 0 Å². The molecule has 0 radical (unpaired) electrons. The van der Waals surface area contributed by atoms with Crippen LogP contribution in [0.4, 0.5) is 5.69 Å². The first-order valence-electron chi connectivity index (χ1n) is 6.27. The van der Waals surface area contributed by atoms with Gasteiger partial charge < -0.3 is 15.0 Å². The highest BCUT2D eigenvalue weighted by Gasteiger charge is 2.10. The fraction of sp³-hybridized carbons (Fsp3) is 0.500. The highest BCUT2D eigenvalue weighted by atomic mass is 16.5. The summed E-state index contributed by atoms with van der Waals surface area (Å²) in [5, 5.41) is 3.28. The lowest BCUT2D eigenvalue weighted by atomic mass is 10.2. The van der Waals surface area contributed by atoms with Gasteiger partial charge in [0.25, 0.3) is 5.91 Å². The molecule has 1 rings (SSSR count). The van der Waals surface area contributed by atoms with E-state index in [9.17, 15) is 4.79 Å². The average molecular weight is 250 g/mol. The minimum atomic E-state index is 0.0223. The molecule has 1 aromatic carbocycles. The molecule has 18 heavy (non-hydrogen) atoms. The molecule has 0 aliphatic heterocycles. The van der Waals surface area contributed by atoms with Crippen molar-refractivity contribution in [2.45, 2.75) is 13.3 Å². The van der Waals surface area contributed by atoms with E-state index < -0.39 is 0 Å². The number of nitrogens with one attached hydrogen (secondary N) is 1. The summed E-state index contributed by atoms with van der Waals surface area (Å²) >= 11 is 0. The van der Waals surface area contributed by atoms with E-state index in [1.807, 2.05) is 24.3 Å². The Bertz CT molecular complexity index is 363. The zero-order valence-corrected chi connectivity index (χ0v) is 11.4. The van der Waals surface area contributed by atoms with E-state index in [1.54, 1.807) is 19.1 Å². The lowest BCUT2D eigenvalue weighted by molar-refractivity contribution is 0.0744. The van der Waals surface area contributed by atoms with Gasteiger partial charge >= 0.3 is 0 Å². The molecule has 0 heterocycles. The summed E-state index contributed by atoms with van der Waals surface area (Å²) in [4.78, 5) is 13.7. The minimum absolute atomic E-state index is 0.0223. The van der Waals surface area contributed by atoms with Crippen molar-refractivity contribution < 1.29 is 9.53 Å². The van der Waals surface area contributed by atoms with Crippen molar-refractivity contribution in [1.29, 1.82) is 0 Å². The number of ether oxygens (including phenoxy) is 1. The normalized spacial score (nSPS) is 10.2. The number of anilines is 1. The SMILES string of the molecule is CCCNc1ccc(C(=O)N(C)CCOC)cc1. The van der Waals surface area contributed by atoms with Crippen LogP contribution in [-0.4, -0.2) is 44.7 Å². The third-order valence-corrected chi connectivity index (χ3v) is 2.69. The topological polar surface area (TPSA) is 41.6 Å². The van der Waals surface area contributed by atoms with Gasteiger partial charge in [0.15, 0.2) is 0 Å². The Balaban J connectivity index is 2.58. The fourth-order valence-corrected chi connectivity index (χ4v) is 1.55. The Labute approximate surface area is 109 Å². The van der Waals surface area contributed by atoms with E-state index in [1.165, 1.54) is 0 Å². The van der Waals surface area contributed by atoms with Crippen LogP contribution in [0.15, 0.2) is 24.3 Å². The van der Waals surface area contributed by atoms with Gasteiger partial charge in [0, 0.05) is 38.5 Å². The molecule has 0 aliphatic carbocycles. The van der Waals surface area contributed by atoms with E-state index in [0.29, 0.717) is 18.7 Å². The van der Waals surface area contributed by atoms with Crippen LogP contribution in [0.5, 0.6) is 0 Å². The van der Waals surface area contributed by atoms with E-state index in [2.05, 4.69) is 12.2 Å². The molecule has 0 atom stereocenters. The van der Waals surface area contributed by atoms with Gasteiger partial charge in [-0.25, -0.2) is 0 Å². The number of hydrogen-bond acceptors (Lipinski definition) is 3. The van der Waals surface area contributed by atoms with Gasteiger partial charge in [0.2, 0.25) is 0 Å². The van der Waals surface area contributed by atoms with Crippen LogP contribution in [0.2, 0.25) is 0 Å². The summed E-state index contributed by atoms with van der Waals surface area (Å²) in [6, 6.07) is 7.58. The van der Waals surface area contributed by atoms with Gasteiger partial charge in [-0.05, 0) is 30.7 Å². The summed E-state index contributed by atoms with van der Waals surface area (Å²) in [5.41, 5.74) is 1.75. The molecule has 1 N–H and O–H groups in total. The first kappa shape index (κ1) is 14.5. The molecule has 0 aliphatic rings. The molecule has 0 spiro atoms. The van der Waals surface area contributed by atoms with Gasteiger partial charge in [-0.2, -0.15) is 0 Å². The summed E-state index contributed by atoms with van der Waals surface area (Å²) in [7, 11) is 3.41. The van der Waals surface area contributed by atoms with Crippen LogP contribution in [0.3, 0.4) is 0 Å². The zero-order chi connectivity index (χ0) is 13.4. The molecule has 0 aromatic heterocycles. The largest absolute Gasteiger partial charge is 0.385 e. The lowest BCUT2D eigenvalue weighted by Crippen LogP contribution is -2.29. The highest BCUT2D eigenvalue weighted by molar-refractivity contribution is 5.94. The minimum Gasteiger partial charge on any atom is -0.385 e. The smallest absolute Gasteiger partial charge is 0.253 e. The maximum absolute atomic E-state index is 12.0. The number of nitrogens with zero attached hydrogens (tertiary/aromatic N) is 1. The van der Waals surface area contributed by atoms with Gasteiger partial charge in [0.05, 0.1) is 6.61 Å². The average Bonchev–Trinajstić information content (AvgIpc) is 2.42. The second kappa shape index (κ2) is 7.71. The number of likely N-dealkylation sites (N-methyl/N-ethyl adjacent to an activating group) is 1. The number of rotatable bonds is 7. The first-order chi connectivity index (χ1) is 8.69. The van der Waals surface area contributed by atoms with Crippen LogP contribution >= 0.6 is 0 Å². The molecule has 0 fully saturated rings. The molecule has 0 saturated carbocycles. The van der Waals surface area contributed by atoms with Crippen LogP contribution in [-0.2, 0) is 4.74 Å². The molecule has 0 unspecified atom stereocenters. The number of hydrogen-bond donors (Lipinski definition) is 1. The standard InChI is InChI=1S/C14H22N2O2/c1-4-9-15-13-7-5-12(6-8-13)14(17)16(2)10-11-18-3/h5-8,15H,4,9-11H2,1-3H3. The quantitative estimate of drug-likeness (QED) is 0.807. The Morgan fingerprint density at radius 1 is 1.33 bits per heavy atom. The zero-order valence-electron chi connectivity index (χ0n) is 11.4. The number of benzene rings is 1. The van der Waals surface area contributed by atoms with Crippen LogP contribution < -0.4 is 5.32 Å². The van der Waals surface area contributed by atoms with E-state index in [-0.39, 0.29) is 5.91 Å². The Morgan fingerprint density at radius 2 is 2.00 bits per heavy atom. The molecular weight excluding hydrogens is 228 g/mol. The van der Waals surface area contributed by atoms with Crippen molar-refractivity contribution in [3.63, 3.8) is 0 Å². The molecule has 100 valence electrons. The van der Waals surface area contributed by atoms with Crippen molar-refractivity contribution >= 4 is 11.6 Å². The van der Waals surface area contributed by atoms with Crippen molar-refractivity contribution in [2.75, 3.05) is 39.2 Å². The van der Waals surface area contributed by atoms with Crippen molar-refractivity contribution in [1.82, 2.24) is 4.90 Å². The maximum Gasteiger partial charge on any atom is 0.253 e. The number of carbonyl (C=O) groups is 1. The van der Waals surface area contributed by atoms with Gasteiger partial charge in [-0.15, -0.1) is 0 Å². The Kier molecular flexibility index (Phi) is 6.22. The highest BCUT2D eigenvalue weighted by Crippen LogP contribution is 2.11. The van der Waals surface area contributed by atoms with Crippen LogP contribution in [0.1, 0.15) is 23.7 Å². The molecule has 4 nitrogen and oxygen atoms in total. The monoisotopic (exact) mass is 250 g/mol. The second-order valence-electron chi connectivity index (χ2n) is 4.22. The van der Waals surface area contributed by atoms with Gasteiger partial charge in [-0.1, -0.05) is 6.92 Å². The van der Waals surface area contributed by atoms with Crippen LogP contribution in [0, 0.1) is 0 Å². The predicted octanol–water partition coefficient (Wildman–Crippen LogP) is 2.23. The molecule has 0 bridgehead atoms. The Hall–Kier alpha value is -1.55. The number of carbonyl (C=O) groups excluding carboxylic acids is 1. The molecule has 0 saturated heterocycles. The third kappa shape index (κ3) is 4.37. The summed E-state index contributed by atoms with van der Waals surface area (Å²) in [6.45, 7) is 4.22. The molecular formula is C14H22N2O2. The fourth-order valence-electron chi connectivity index (χ4n) is 1.55. The third-order valence-electron chi connectivity index (χ3n) is 2.69. The van der Waals surface area contributed by atoms with Gasteiger partial charge in [-0.3, -0.25) is 4.79 Å². The lowest BCUT2D eigenvalue weighted by Gasteiger charge is -2.16. The van der Waals surface area contributed by atoms with E-state index in [4.69, 9.17) is 4.74 Å². The Morgan fingerprint density at radius 3 is 2.56 bits per heavy atom. The maximum atomic E-state index is 12.0. The summed E-state index contributed by atoms with van der Waals surface area (Å²) in [6.07, 6.45) is 1.08. The van der Waals surface area contributed by atoms with Crippen molar-refractivity contribution in [3.8, 4) is 0 Å². The molecule has 1 amide bonds. The number of amides is 1. The molecule has 1 aromatic rings. The van der Waals surface area contributed by atoms with Gasteiger partial charge in [0.1, 0.15) is 0 Å². The second-order valence-corrected chi connectivity index (χ2v) is 4.22. The first-order valence-corrected chi connectivity index (χ1v) is 6.27. The molecule has 4 heteroatoms. The number of methoxy groups -OCH3 is 1.